The van der Waals surface area contributed by atoms with Crippen LogP contribution in [0.5, 0.6) is 0 Å². The van der Waals surface area contributed by atoms with Gasteiger partial charge in [-0.05, 0) is 27.7 Å². The van der Waals surface area contributed by atoms with Crippen LogP contribution in [0.4, 0.5) is 0 Å². The maximum atomic E-state index is 9.60. The predicted octanol–water partition coefficient (Wildman–Crippen LogP) is -0.997. The largest absolute Gasteiger partial charge is 0.478 e. The highest BCUT2D eigenvalue weighted by molar-refractivity contribution is 5.85. The molecule has 0 aliphatic rings. The number of rotatable bonds is 9. The number of carbonyl (C=O) groups is 4. The second kappa shape index (κ2) is 24.7. The zero-order valence-corrected chi connectivity index (χ0v) is 20.7. The van der Waals surface area contributed by atoms with Gasteiger partial charge in [0.25, 0.3) is 0 Å². The molecule has 210 valence electrons. The van der Waals surface area contributed by atoms with Crippen molar-refractivity contribution >= 4 is 23.9 Å². The summed E-state index contributed by atoms with van der Waals surface area (Å²) in [6.07, 6.45) is -6.39. The van der Waals surface area contributed by atoms with E-state index in [4.69, 9.17) is 51.1 Å². The van der Waals surface area contributed by atoms with Crippen molar-refractivity contribution in [1.82, 2.24) is 0 Å². The van der Waals surface area contributed by atoms with Crippen LogP contribution in [0.3, 0.4) is 0 Å². The molecule has 0 aromatic heterocycles. The lowest BCUT2D eigenvalue weighted by atomic mass is 10.0. The van der Waals surface area contributed by atoms with Crippen LogP contribution in [0.2, 0.25) is 0 Å². The van der Waals surface area contributed by atoms with Gasteiger partial charge in [-0.3, -0.25) is 0 Å². The number of hydrogen-bond donors (Lipinski definition) is 10. The summed E-state index contributed by atoms with van der Waals surface area (Å²) < 4.78 is 0. The van der Waals surface area contributed by atoms with Crippen molar-refractivity contribution in [3.05, 3.63) is 48.6 Å². The Hall–Kier alpha value is -3.40. The Morgan fingerprint density at radius 2 is 0.611 bits per heavy atom. The maximum Gasteiger partial charge on any atom is 0.330 e. The summed E-state index contributed by atoms with van der Waals surface area (Å²) in [6.45, 7) is 17.0. The number of aliphatic carboxylic acids is 4. The van der Waals surface area contributed by atoms with Gasteiger partial charge in [0.15, 0.2) is 0 Å². The van der Waals surface area contributed by atoms with E-state index in [0.29, 0.717) is 0 Å². The molecule has 10 N–H and O–H groups in total. The highest BCUT2D eigenvalue weighted by atomic mass is 16.4. The lowest BCUT2D eigenvalue weighted by molar-refractivity contribution is -0.133. The normalized spacial score (nSPS) is 12.2. The van der Waals surface area contributed by atoms with Crippen LogP contribution < -0.4 is 0 Å². The van der Waals surface area contributed by atoms with Crippen molar-refractivity contribution in [3.63, 3.8) is 0 Å². The van der Waals surface area contributed by atoms with Crippen LogP contribution in [-0.4, -0.2) is 113 Å². The van der Waals surface area contributed by atoms with E-state index < -0.39 is 61.5 Å². The summed E-state index contributed by atoms with van der Waals surface area (Å²) in [5, 5.41) is 83.7. The topological polar surface area (TPSA) is 271 Å². The molecule has 0 aliphatic heterocycles. The second-order valence-corrected chi connectivity index (χ2v) is 6.82. The van der Waals surface area contributed by atoms with Gasteiger partial charge in [0.2, 0.25) is 0 Å². The minimum atomic E-state index is -1.67. The number of carboxylic acid groups (broad SMARTS) is 4. The van der Waals surface area contributed by atoms with Crippen molar-refractivity contribution in [2.24, 2.45) is 0 Å². The van der Waals surface area contributed by atoms with Crippen LogP contribution in [0.15, 0.2) is 48.6 Å². The third kappa shape index (κ3) is 32.8. The van der Waals surface area contributed by atoms with Gasteiger partial charge < -0.3 is 51.1 Å². The van der Waals surface area contributed by atoms with Crippen LogP contribution >= 0.6 is 0 Å². The van der Waals surface area contributed by atoms with Crippen molar-refractivity contribution in [2.75, 3.05) is 13.2 Å². The quantitative estimate of drug-likeness (QED) is 0.161. The Kier molecular flexibility index (Phi) is 29.3. The van der Waals surface area contributed by atoms with Crippen molar-refractivity contribution < 1.29 is 70.2 Å². The first-order valence-electron chi connectivity index (χ1n) is 9.61. The highest BCUT2D eigenvalue weighted by Gasteiger charge is 2.29. The lowest BCUT2D eigenvalue weighted by Crippen LogP contribution is -2.46. The fourth-order valence-electron chi connectivity index (χ4n) is 0.671. The first-order chi connectivity index (χ1) is 16.1. The van der Waals surface area contributed by atoms with Crippen LogP contribution in [0.25, 0.3) is 0 Å². The lowest BCUT2D eigenvalue weighted by Gasteiger charge is -2.24. The zero-order chi connectivity index (χ0) is 30.3. The number of hydrogen-bond acceptors (Lipinski definition) is 10. The van der Waals surface area contributed by atoms with Gasteiger partial charge in [-0.25, -0.2) is 19.2 Å². The van der Waals surface area contributed by atoms with Crippen molar-refractivity contribution in [2.45, 2.75) is 52.1 Å². The fraction of sp³-hybridized carbons (Fsp3) is 0.455. The van der Waals surface area contributed by atoms with E-state index >= 15 is 0 Å². The summed E-state index contributed by atoms with van der Waals surface area (Å²) >= 11 is 0. The van der Waals surface area contributed by atoms with E-state index in [1.54, 1.807) is 0 Å². The van der Waals surface area contributed by atoms with Gasteiger partial charge in [-0.2, -0.15) is 0 Å². The fourth-order valence-corrected chi connectivity index (χ4v) is 0.671. The molecular formula is C22H38O14. The van der Waals surface area contributed by atoms with Gasteiger partial charge >= 0.3 is 23.9 Å². The standard InChI is InChI=1S/C6H14O6.4C4H6O2/c7-1-3(9)5(11)6(12)4(10)2-8;4*1-3(2)4(5)6/h3-12H,1-2H2;4*1H2,2H3,(H,5,6). The first kappa shape index (κ1) is 42.7. The Morgan fingerprint density at radius 3 is 0.667 bits per heavy atom. The van der Waals surface area contributed by atoms with Crippen LogP contribution in [0, 0.1) is 0 Å². The Morgan fingerprint density at radius 1 is 0.500 bits per heavy atom. The Balaban J connectivity index is -0.000000116. The summed E-state index contributed by atoms with van der Waals surface area (Å²) in [5.41, 5.74) is 0.704. The molecule has 0 fully saturated rings. The predicted molar refractivity (Wildman–Crippen MR) is 128 cm³/mol. The smallest absolute Gasteiger partial charge is 0.330 e. The molecule has 0 radical (unpaired) electrons. The molecule has 0 bridgehead atoms. The molecular weight excluding hydrogens is 488 g/mol. The molecule has 14 nitrogen and oxygen atoms in total. The molecule has 0 amide bonds. The highest BCUT2D eigenvalue weighted by Crippen LogP contribution is 2.04. The number of carboxylic acids is 4. The van der Waals surface area contributed by atoms with Crippen molar-refractivity contribution in [3.8, 4) is 0 Å². The molecule has 0 rings (SSSR count). The molecule has 0 saturated heterocycles. The molecule has 0 aromatic carbocycles. The number of aliphatic hydroxyl groups is 6. The molecule has 4 unspecified atom stereocenters. The molecule has 0 aliphatic carbocycles. The van der Waals surface area contributed by atoms with Gasteiger partial charge in [-0.15, -0.1) is 0 Å². The van der Waals surface area contributed by atoms with Gasteiger partial charge in [0.1, 0.15) is 24.4 Å². The average molecular weight is 527 g/mol. The average Bonchev–Trinajstić information content (AvgIpc) is 2.78. The van der Waals surface area contributed by atoms with Crippen LogP contribution in [-0.2, 0) is 19.2 Å². The minimum Gasteiger partial charge on any atom is -0.478 e. The summed E-state index contributed by atoms with van der Waals surface area (Å²) in [5.74, 6) is -3.74. The molecule has 0 heterocycles. The van der Waals surface area contributed by atoms with Gasteiger partial charge in [-0.1, -0.05) is 26.3 Å². The maximum absolute atomic E-state index is 9.60. The Bertz CT molecular complexity index is 583. The monoisotopic (exact) mass is 526 g/mol. The summed E-state index contributed by atoms with van der Waals surface area (Å²) in [4.78, 5) is 38.4. The molecule has 0 spiro atoms. The minimum absolute atomic E-state index is 0.176. The third-order valence-corrected chi connectivity index (χ3v) is 2.97. The first-order valence-corrected chi connectivity index (χ1v) is 9.61. The number of aliphatic hydroxyl groups excluding tert-OH is 6. The van der Waals surface area contributed by atoms with Crippen LogP contribution in [0.1, 0.15) is 27.7 Å². The SMILES string of the molecule is C=C(C)C(=O)O.C=C(C)C(=O)O.C=C(C)C(=O)O.C=C(C)C(=O)O.OCC(O)C(O)C(O)C(O)CO. The zero-order valence-electron chi connectivity index (χ0n) is 20.7. The molecule has 0 aromatic rings. The molecule has 0 saturated carbocycles. The summed E-state index contributed by atoms with van der Waals surface area (Å²) in [6, 6.07) is 0. The molecule has 36 heavy (non-hydrogen) atoms. The second-order valence-electron chi connectivity index (χ2n) is 6.82. The van der Waals surface area contributed by atoms with E-state index in [0.717, 1.165) is 0 Å². The van der Waals surface area contributed by atoms with E-state index in [-0.39, 0.29) is 22.3 Å². The van der Waals surface area contributed by atoms with Gasteiger partial charge in [0.05, 0.1) is 13.2 Å². The van der Waals surface area contributed by atoms with E-state index in [2.05, 4.69) is 26.3 Å². The Labute approximate surface area is 208 Å². The third-order valence-electron chi connectivity index (χ3n) is 2.97. The molecule has 14 heteroatoms. The molecule has 4 atom stereocenters. The van der Waals surface area contributed by atoms with E-state index in [1.165, 1.54) is 27.7 Å². The van der Waals surface area contributed by atoms with Crippen molar-refractivity contribution in [1.29, 1.82) is 0 Å². The summed E-state index contributed by atoms with van der Waals surface area (Å²) in [7, 11) is 0. The van der Waals surface area contributed by atoms with E-state index in [1.807, 2.05) is 0 Å². The van der Waals surface area contributed by atoms with E-state index in [9.17, 15) is 19.2 Å². The van der Waals surface area contributed by atoms with Gasteiger partial charge in [0, 0.05) is 22.3 Å².